The van der Waals surface area contributed by atoms with Crippen molar-refractivity contribution < 1.29 is 0 Å². The van der Waals surface area contributed by atoms with Crippen molar-refractivity contribution >= 4 is 71.6 Å². The molecule has 16 heteroatoms. The molecule has 0 aromatic heterocycles. The van der Waals surface area contributed by atoms with Gasteiger partial charge in [0.15, 0.2) is 0 Å². The van der Waals surface area contributed by atoms with Crippen LogP contribution in [-0.2, 0) is 21.7 Å². The summed E-state index contributed by atoms with van der Waals surface area (Å²) >= 11 is 20.4. The molecule has 4 rings (SSSR count). The summed E-state index contributed by atoms with van der Waals surface area (Å²) in [6, 6.07) is 0. The van der Waals surface area contributed by atoms with Gasteiger partial charge in [-0.1, -0.05) is 132 Å². The number of hydrogen-bond donors (Lipinski definition) is 7. The predicted molar refractivity (Wildman–Crippen MR) is 295 cm³/mol. The third kappa shape index (κ3) is 17.2. The van der Waals surface area contributed by atoms with Gasteiger partial charge < -0.3 is 43.0 Å². The van der Waals surface area contributed by atoms with Gasteiger partial charge in [0.1, 0.15) is 0 Å². The molecule has 0 heterocycles. The van der Waals surface area contributed by atoms with E-state index in [4.69, 9.17) is 60.3 Å². The first-order valence-corrected chi connectivity index (χ1v) is 25.1. The minimum atomic E-state index is -0.0595. The number of nitrogens with two attached hydrogens (primary N) is 2. The van der Waals surface area contributed by atoms with Crippen molar-refractivity contribution in [2.75, 3.05) is 94.4 Å². The van der Waals surface area contributed by atoms with Gasteiger partial charge in [0.05, 0.1) is 40.8 Å². The molecule has 0 aliphatic heterocycles. The molecule has 0 aliphatic rings. The van der Waals surface area contributed by atoms with Crippen molar-refractivity contribution in [1.29, 1.82) is 0 Å². The van der Waals surface area contributed by atoms with Gasteiger partial charge in [0, 0.05) is 55.5 Å². The maximum Gasteiger partial charge on any atom is 0.220 e. The fourth-order valence-electron chi connectivity index (χ4n) is 7.47. The van der Waals surface area contributed by atoms with Crippen LogP contribution in [0.3, 0.4) is 0 Å². The molecule has 4 aromatic carbocycles. The highest BCUT2D eigenvalue weighted by Crippen LogP contribution is 2.34. The van der Waals surface area contributed by atoms with Crippen LogP contribution in [0, 0.1) is 18.0 Å². The molecule has 0 unspecified atom stereocenters. The van der Waals surface area contributed by atoms with Gasteiger partial charge in [-0.05, 0) is 107 Å². The van der Waals surface area contributed by atoms with Crippen molar-refractivity contribution in [3.05, 3.63) is 81.2 Å². The Morgan fingerprint density at radius 2 is 0.712 bits per heavy atom. The summed E-state index contributed by atoms with van der Waals surface area (Å²) in [6.45, 7) is 31.6. The lowest BCUT2D eigenvalue weighted by atomic mass is 9.82. The molecule has 372 valence electrons. The monoisotopic (exact) mass is 989 g/mol. The summed E-state index contributed by atoms with van der Waals surface area (Å²) in [4.78, 5) is 48.7. The average Bonchev–Trinajstić information content (AvgIpc) is 3.21. The van der Waals surface area contributed by atoms with E-state index in [-0.39, 0.29) is 43.4 Å². The van der Waals surface area contributed by atoms with Crippen LogP contribution in [-0.4, -0.2) is 73.5 Å². The second-order valence-electron chi connectivity index (χ2n) is 21.1. The first-order valence-electron chi connectivity index (χ1n) is 23.5. The largest absolute Gasteiger partial charge is 0.382 e. The van der Waals surface area contributed by atoms with Crippen LogP contribution in [0.25, 0.3) is 0 Å². The first kappa shape index (κ1) is 61.1. The van der Waals surface area contributed by atoms with Crippen molar-refractivity contribution in [2.45, 2.75) is 150 Å². The highest BCUT2D eigenvalue weighted by atomic mass is 32.1. The Kier molecular flexibility index (Phi) is 25.2. The van der Waals surface area contributed by atoms with E-state index in [1.54, 1.807) is 0 Å². The van der Waals surface area contributed by atoms with E-state index in [0.29, 0.717) is 36.8 Å². The van der Waals surface area contributed by atoms with E-state index < -0.39 is 0 Å². The Morgan fingerprint density at radius 1 is 0.424 bits per heavy atom. The van der Waals surface area contributed by atoms with Gasteiger partial charge in [0.2, 0.25) is 21.7 Å². The highest BCUT2D eigenvalue weighted by Gasteiger charge is 2.31. The summed E-state index contributed by atoms with van der Waals surface area (Å²) in [5.74, 6) is 0. The number of anilines is 4. The van der Waals surface area contributed by atoms with Crippen molar-refractivity contribution in [1.82, 2.24) is 10.6 Å². The molecule has 0 spiro atoms. The van der Waals surface area contributed by atoms with Gasteiger partial charge >= 0.3 is 0 Å². The molecular weight excluding hydrogens is 905 g/mol. The van der Waals surface area contributed by atoms with Gasteiger partial charge in [0.25, 0.3) is 0 Å². The molecule has 0 saturated carbocycles. The van der Waals surface area contributed by atoms with Gasteiger partial charge in [-0.2, -0.15) is 0 Å². The SMILES string of the molecule is CC(C)(C)c1c(NCCCN)c(=O)c1=S.CN(CCCCN)c1c(C(C)(C)C)c(=S)c1=O.CNCCCCNc1c(C(C)(C)C)c(=S)c1=O.CNCCCCNc1c(C(C)(C)C)c(=S)c1=O. The van der Waals surface area contributed by atoms with Crippen LogP contribution in [0.5, 0.6) is 0 Å². The van der Waals surface area contributed by atoms with Crippen molar-refractivity contribution in [2.24, 2.45) is 11.5 Å². The highest BCUT2D eigenvalue weighted by molar-refractivity contribution is 7.72. The van der Waals surface area contributed by atoms with E-state index in [9.17, 15) is 19.2 Å². The van der Waals surface area contributed by atoms with Gasteiger partial charge in [-0.15, -0.1) is 0 Å². The summed E-state index contributed by atoms with van der Waals surface area (Å²) in [5.41, 5.74) is 17.7. The molecule has 0 atom stereocenters. The van der Waals surface area contributed by atoms with E-state index in [0.717, 1.165) is 124 Å². The van der Waals surface area contributed by atoms with E-state index >= 15 is 0 Å². The normalized spacial score (nSPS) is 12.0. The lowest BCUT2D eigenvalue weighted by Gasteiger charge is -2.30. The van der Waals surface area contributed by atoms with Crippen molar-refractivity contribution in [3.8, 4) is 0 Å². The molecule has 0 amide bonds. The number of nitrogens with one attached hydrogen (secondary N) is 5. The van der Waals surface area contributed by atoms with Crippen LogP contribution >= 0.6 is 48.9 Å². The zero-order chi connectivity index (χ0) is 51.0. The third-order valence-corrected chi connectivity index (χ3v) is 12.5. The van der Waals surface area contributed by atoms with E-state index in [1.165, 1.54) is 0 Å². The number of rotatable bonds is 21. The summed E-state index contributed by atoms with van der Waals surface area (Å²) in [5, 5.41) is 15.8. The molecule has 9 N–H and O–H groups in total. The number of unbranched alkanes of at least 4 members (excludes halogenated alkanes) is 3. The molecule has 12 nitrogen and oxygen atoms in total. The van der Waals surface area contributed by atoms with Gasteiger partial charge in [-0.25, -0.2) is 0 Å². The second-order valence-corrected chi connectivity index (χ2v) is 22.7. The predicted octanol–water partition coefficient (Wildman–Crippen LogP) is 8.56. The molecule has 0 radical (unpaired) electrons. The Hall–Kier alpha value is -2.96. The summed E-state index contributed by atoms with van der Waals surface area (Å²) in [6.07, 6.45) is 7.19. The lowest BCUT2D eigenvalue weighted by Crippen LogP contribution is -2.35. The topological polar surface area (TPSA) is 184 Å². The smallest absolute Gasteiger partial charge is 0.220 e. The minimum Gasteiger partial charge on any atom is -0.382 e. The first-order chi connectivity index (χ1) is 30.5. The maximum absolute atomic E-state index is 11.8. The van der Waals surface area contributed by atoms with Crippen molar-refractivity contribution in [3.63, 3.8) is 0 Å². The van der Waals surface area contributed by atoms with Crippen LogP contribution in [0.4, 0.5) is 22.7 Å². The lowest BCUT2D eigenvalue weighted by molar-refractivity contribution is 0.578. The summed E-state index contributed by atoms with van der Waals surface area (Å²) < 4.78 is 2.02. The molecule has 0 fully saturated rings. The third-order valence-electron chi connectivity index (χ3n) is 10.9. The quantitative estimate of drug-likeness (QED) is 0.0311. The molecular formula is C50H84N8O4S4. The Balaban J connectivity index is 0.000000441. The molecule has 0 bridgehead atoms. The second kappa shape index (κ2) is 27.3. The maximum atomic E-state index is 11.8. The molecule has 66 heavy (non-hydrogen) atoms. The van der Waals surface area contributed by atoms with Crippen LogP contribution in [0.15, 0.2) is 19.2 Å². The van der Waals surface area contributed by atoms with Crippen LogP contribution < -0.4 is 64.7 Å². The molecule has 0 saturated heterocycles. The zero-order valence-corrected chi connectivity index (χ0v) is 46.2. The zero-order valence-electron chi connectivity index (χ0n) is 43.0. The van der Waals surface area contributed by atoms with E-state index in [1.807, 2.05) is 26.0 Å². The average molecular weight is 990 g/mol. The summed E-state index contributed by atoms with van der Waals surface area (Å²) in [7, 11) is 5.85. The number of nitrogens with zero attached hydrogens (tertiary/aromatic N) is 1. The van der Waals surface area contributed by atoms with E-state index in [2.05, 4.69) is 110 Å². The fourth-order valence-corrected chi connectivity index (χ4v) is 9.50. The van der Waals surface area contributed by atoms with Crippen LogP contribution in [0.1, 0.15) is 150 Å². The fraction of sp³-hybridized carbons (Fsp3) is 0.680. The standard InChI is InChI=1S/3C13H22N2OS.C11H18N2OS/c1-13(2,3)9-10(11(16)12(9)17)15(4)8-6-5-7-14;2*1-13(2,3)9-10(11(16)12(9)17)15-8-6-5-7-14-4;1-11(2,3)7-8(9(14)10(7)15)13-6-4-5-12/h5-8,14H2,1-4H3;2*14-15H,5-8H2,1-4H3;13H,4-6,12H2,1-3H3. The Morgan fingerprint density at radius 3 is 1.00 bits per heavy atom. The van der Waals surface area contributed by atoms with Gasteiger partial charge in [-0.3, -0.25) is 19.2 Å². The molecule has 4 aromatic rings. The minimum absolute atomic E-state index is 0.0125. The Bertz CT molecular complexity index is 2330. The number of hydrogen-bond acceptors (Lipinski definition) is 16. The Labute approximate surface area is 416 Å². The van der Waals surface area contributed by atoms with Crippen LogP contribution in [0.2, 0.25) is 0 Å². The molecule has 0 aliphatic carbocycles.